The highest BCUT2D eigenvalue weighted by molar-refractivity contribution is 9.10. The average molecular weight is 349 g/mol. The smallest absolute Gasteiger partial charge is 0.348 e. The van der Waals surface area contributed by atoms with Crippen molar-refractivity contribution in [2.45, 2.75) is 32.7 Å². The maximum atomic E-state index is 12.2. The normalized spacial score (nSPS) is 17.2. The van der Waals surface area contributed by atoms with Crippen molar-refractivity contribution < 1.29 is 4.74 Å². The monoisotopic (exact) mass is 348 g/mol. The summed E-state index contributed by atoms with van der Waals surface area (Å²) in [6.45, 7) is 5.12. The quantitative estimate of drug-likeness (QED) is 0.836. The Bertz CT molecular complexity index is 740. The summed E-state index contributed by atoms with van der Waals surface area (Å²) in [5.41, 5.74) is 2.65. The van der Waals surface area contributed by atoms with Crippen molar-refractivity contribution in [2.75, 3.05) is 6.61 Å². The Morgan fingerprint density at radius 2 is 2.14 bits per heavy atom. The number of para-hydroxylation sites is 1. The molecule has 0 radical (unpaired) electrons. The van der Waals surface area contributed by atoms with Gasteiger partial charge in [0.25, 0.3) is 0 Å². The summed E-state index contributed by atoms with van der Waals surface area (Å²) in [6, 6.07) is 8.05. The molecule has 3 rings (SSSR count). The van der Waals surface area contributed by atoms with Crippen LogP contribution in [0.25, 0.3) is 0 Å². The molecular weight excluding hydrogens is 332 g/mol. The molecule has 1 atom stereocenters. The van der Waals surface area contributed by atoms with Crippen LogP contribution >= 0.6 is 15.9 Å². The summed E-state index contributed by atoms with van der Waals surface area (Å²) in [4.78, 5) is 16.3. The first-order chi connectivity index (χ1) is 10.1. The third kappa shape index (κ3) is 2.62. The van der Waals surface area contributed by atoms with Crippen molar-refractivity contribution in [2.24, 2.45) is 0 Å². The van der Waals surface area contributed by atoms with E-state index in [0.717, 1.165) is 28.0 Å². The number of benzene rings is 1. The van der Waals surface area contributed by atoms with Gasteiger partial charge >= 0.3 is 5.69 Å². The highest BCUT2D eigenvalue weighted by atomic mass is 79.9. The van der Waals surface area contributed by atoms with Gasteiger partial charge in [0.1, 0.15) is 5.75 Å². The first kappa shape index (κ1) is 14.3. The van der Waals surface area contributed by atoms with Crippen molar-refractivity contribution in [3.05, 3.63) is 56.2 Å². The summed E-state index contributed by atoms with van der Waals surface area (Å²) in [7, 11) is 0. The van der Waals surface area contributed by atoms with E-state index in [9.17, 15) is 4.79 Å². The minimum atomic E-state index is -0.183. The lowest BCUT2D eigenvalue weighted by Crippen LogP contribution is -2.30. The molecule has 1 aromatic heterocycles. The molecule has 0 N–H and O–H groups in total. The Hall–Kier alpha value is -1.62. The third-order valence-corrected chi connectivity index (χ3v) is 5.17. The molecule has 0 saturated carbocycles. The SMILES string of the molecule is Cc1nc(=O)n(CC2CCOc3ccccc32)c(C)c1Br. The maximum Gasteiger partial charge on any atom is 0.348 e. The Morgan fingerprint density at radius 1 is 1.38 bits per heavy atom. The van der Waals surface area contributed by atoms with Gasteiger partial charge in [-0.15, -0.1) is 0 Å². The van der Waals surface area contributed by atoms with Crippen LogP contribution in [0.5, 0.6) is 5.75 Å². The molecule has 1 aliphatic rings. The van der Waals surface area contributed by atoms with Crippen molar-refractivity contribution in [3.63, 3.8) is 0 Å². The molecule has 0 spiro atoms. The van der Waals surface area contributed by atoms with E-state index in [-0.39, 0.29) is 11.6 Å². The molecule has 5 heteroatoms. The second kappa shape index (κ2) is 5.64. The maximum absolute atomic E-state index is 12.2. The van der Waals surface area contributed by atoms with Gasteiger partial charge < -0.3 is 4.74 Å². The van der Waals surface area contributed by atoms with Gasteiger partial charge in [-0.3, -0.25) is 4.57 Å². The standard InChI is InChI=1S/C16H17BrN2O2/c1-10-15(17)11(2)19(16(20)18-10)9-12-7-8-21-14-6-4-3-5-13(12)14/h3-6,12H,7-9H2,1-2H3. The van der Waals surface area contributed by atoms with Crippen LogP contribution in [0, 0.1) is 13.8 Å². The minimum absolute atomic E-state index is 0.183. The summed E-state index contributed by atoms with van der Waals surface area (Å²) < 4.78 is 8.34. The lowest BCUT2D eigenvalue weighted by molar-refractivity contribution is 0.257. The Balaban J connectivity index is 1.99. The van der Waals surface area contributed by atoms with Gasteiger partial charge in [-0.1, -0.05) is 18.2 Å². The summed E-state index contributed by atoms with van der Waals surface area (Å²) in [6.07, 6.45) is 0.911. The van der Waals surface area contributed by atoms with Gasteiger partial charge in [-0.2, -0.15) is 4.98 Å². The van der Waals surface area contributed by atoms with E-state index in [2.05, 4.69) is 27.0 Å². The number of ether oxygens (including phenoxy) is 1. The fourth-order valence-electron chi connectivity index (χ4n) is 2.82. The number of aromatic nitrogens is 2. The largest absolute Gasteiger partial charge is 0.493 e. The molecule has 2 heterocycles. The fraction of sp³-hybridized carbons (Fsp3) is 0.375. The number of hydrogen-bond donors (Lipinski definition) is 0. The van der Waals surface area contributed by atoms with Crippen LogP contribution in [0.4, 0.5) is 0 Å². The van der Waals surface area contributed by atoms with Gasteiger partial charge in [0.15, 0.2) is 0 Å². The lowest BCUT2D eigenvalue weighted by atomic mass is 9.93. The molecule has 110 valence electrons. The summed E-state index contributed by atoms with van der Waals surface area (Å²) in [5, 5.41) is 0. The number of aryl methyl sites for hydroxylation is 1. The Kier molecular flexibility index (Phi) is 3.85. The molecule has 4 nitrogen and oxygen atoms in total. The predicted molar refractivity (Wildman–Crippen MR) is 85.0 cm³/mol. The Labute approximate surface area is 131 Å². The zero-order chi connectivity index (χ0) is 15.0. The molecule has 2 aromatic rings. The average Bonchev–Trinajstić information content (AvgIpc) is 2.49. The number of fused-ring (bicyclic) bond motifs is 1. The Morgan fingerprint density at radius 3 is 2.95 bits per heavy atom. The molecule has 0 amide bonds. The van der Waals surface area contributed by atoms with E-state index in [4.69, 9.17) is 4.74 Å². The van der Waals surface area contributed by atoms with Gasteiger partial charge in [-0.25, -0.2) is 4.79 Å². The summed E-state index contributed by atoms with van der Waals surface area (Å²) >= 11 is 3.51. The molecule has 1 aliphatic heterocycles. The van der Waals surface area contributed by atoms with Gasteiger partial charge in [0.2, 0.25) is 0 Å². The van der Waals surface area contributed by atoms with Crippen LogP contribution in [-0.2, 0) is 6.54 Å². The van der Waals surface area contributed by atoms with Crippen molar-refractivity contribution in [3.8, 4) is 5.75 Å². The van der Waals surface area contributed by atoms with Crippen LogP contribution in [-0.4, -0.2) is 16.2 Å². The predicted octanol–water partition coefficient (Wildman–Crippen LogP) is 3.19. The molecular formula is C16H17BrN2O2. The first-order valence-electron chi connectivity index (χ1n) is 7.03. The van der Waals surface area contributed by atoms with E-state index in [1.807, 2.05) is 32.0 Å². The first-order valence-corrected chi connectivity index (χ1v) is 7.82. The third-order valence-electron chi connectivity index (χ3n) is 4.02. The summed E-state index contributed by atoms with van der Waals surface area (Å²) in [5.74, 6) is 1.21. The van der Waals surface area contributed by atoms with Crippen molar-refractivity contribution in [1.82, 2.24) is 9.55 Å². The molecule has 0 fully saturated rings. The number of nitrogens with zero attached hydrogens (tertiary/aromatic N) is 2. The van der Waals surface area contributed by atoms with Gasteiger partial charge in [0, 0.05) is 18.2 Å². The highest BCUT2D eigenvalue weighted by Gasteiger charge is 2.23. The van der Waals surface area contributed by atoms with Crippen molar-refractivity contribution >= 4 is 15.9 Å². The van der Waals surface area contributed by atoms with Crippen LogP contribution in [0.3, 0.4) is 0 Å². The van der Waals surface area contributed by atoms with Crippen LogP contribution in [0.1, 0.15) is 29.3 Å². The molecule has 1 unspecified atom stereocenters. The molecule has 0 saturated heterocycles. The zero-order valence-electron chi connectivity index (χ0n) is 12.1. The van der Waals surface area contributed by atoms with Gasteiger partial charge in [0.05, 0.1) is 16.8 Å². The zero-order valence-corrected chi connectivity index (χ0v) is 13.7. The van der Waals surface area contributed by atoms with Crippen LogP contribution in [0.2, 0.25) is 0 Å². The minimum Gasteiger partial charge on any atom is -0.493 e. The van der Waals surface area contributed by atoms with E-state index < -0.39 is 0 Å². The molecule has 1 aromatic carbocycles. The fourth-order valence-corrected chi connectivity index (χ4v) is 3.12. The van der Waals surface area contributed by atoms with E-state index in [0.29, 0.717) is 13.2 Å². The second-order valence-electron chi connectivity index (χ2n) is 5.36. The second-order valence-corrected chi connectivity index (χ2v) is 6.15. The van der Waals surface area contributed by atoms with Crippen LogP contribution < -0.4 is 10.4 Å². The van der Waals surface area contributed by atoms with Gasteiger partial charge in [-0.05, 0) is 47.8 Å². The molecule has 0 aliphatic carbocycles. The number of halogens is 1. The van der Waals surface area contributed by atoms with E-state index in [1.165, 1.54) is 5.56 Å². The molecule has 21 heavy (non-hydrogen) atoms. The van der Waals surface area contributed by atoms with Crippen molar-refractivity contribution in [1.29, 1.82) is 0 Å². The van der Waals surface area contributed by atoms with Crippen LogP contribution in [0.15, 0.2) is 33.5 Å². The lowest BCUT2D eigenvalue weighted by Gasteiger charge is -2.27. The highest BCUT2D eigenvalue weighted by Crippen LogP contribution is 2.34. The van der Waals surface area contributed by atoms with E-state index in [1.54, 1.807) is 4.57 Å². The number of hydrogen-bond acceptors (Lipinski definition) is 3. The van der Waals surface area contributed by atoms with E-state index >= 15 is 0 Å². The molecule has 0 bridgehead atoms. The topological polar surface area (TPSA) is 44.1 Å². The number of rotatable bonds is 2.